The first-order valence-corrected chi connectivity index (χ1v) is 11.4. The van der Waals surface area contributed by atoms with Crippen molar-refractivity contribution in [1.29, 1.82) is 0 Å². The highest BCUT2D eigenvalue weighted by molar-refractivity contribution is 6.31. The van der Waals surface area contributed by atoms with Gasteiger partial charge in [0, 0.05) is 10.6 Å². The highest BCUT2D eigenvalue weighted by Gasteiger charge is 2.34. The number of halogens is 1. The zero-order chi connectivity index (χ0) is 25.7. The molecule has 1 fully saturated rings. The number of hydrogen-bond donors (Lipinski definition) is 1. The number of ether oxygens (including phenoxy) is 3. The van der Waals surface area contributed by atoms with E-state index in [0.29, 0.717) is 28.7 Å². The molecule has 1 aromatic heterocycles. The number of amides is 3. The van der Waals surface area contributed by atoms with Crippen LogP contribution >= 0.6 is 11.6 Å². The summed E-state index contributed by atoms with van der Waals surface area (Å²) in [6.45, 7) is 2.37. The molecule has 0 aliphatic carbocycles. The summed E-state index contributed by atoms with van der Waals surface area (Å²) in [5.74, 6) is 0.0610. The Kier molecular flexibility index (Phi) is 7.60. The van der Waals surface area contributed by atoms with Crippen LogP contribution in [0.4, 0.5) is 4.79 Å². The molecular formula is C26H23ClN2O7. The second-order valence-electron chi connectivity index (χ2n) is 7.66. The summed E-state index contributed by atoms with van der Waals surface area (Å²) < 4.78 is 21.6. The van der Waals surface area contributed by atoms with Crippen LogP contribution in [0.5, 0.6) is 11.5 Å². The Labute approximate surface area is 212 Å². The average Bonchev–Trinajstić information content (AvgIpc) is 3.44. The van der Waals surface area contributed by atoms with Crippen molar-refractivity contribution in [2.24, 2.45) is 0 Å². The van der Waals surface area contributed by atoms with Crippen molar-refractivity contribution in [3.05, 3.63) is 88.0 Å². The van der Waals surface area contributed by atoms with Crippen molar-refractivity contribution < 1.29 is 33.0 Å². The monoisotopic (exact) mass is 510 g/mol. The Balaban J connectivity index is 1.49. The molecule has 186 valence electrons. The van der Waals surface area contributed by atoms with E-state index in [1.54, 1.807) is 30.3 Å². The zero-order valence-corrected chi connectivity index (χ0v) is 20.3. The number of hydrogen-bond acceptors (Lipinski definition) is 7. The molecule has 1 aliphatic rings. The third kappa shape index (κ3) is 5.52. The molecule has 36 heavy (non-hydrogen) atoms. The van der Waals surface area contributed by atoms with E-state index < -0.39 is 17.9 Å². The maximum absolute atomic E-state index is 12.9. The predicted octanol–water partition coefficient (Wildman–Crippen LogP) is 4.79. The van der Waals surface area contributed by atoms with Crippen LogP contribution in [0.2, 0.25) is 5.02 Å². The van der Waals surface area contributed by atoms with Crippen LogP contribution < -0.4 is 14.8 Å². The van der Waals surface area contributed by atoms with Gasteiger partial charge in [-0.25, -0.2) is 9.59 Å². The maximum Gasteiger partial charge on any atom is 0.373 e. The summed E-state index contributed by atoms with van der Waals surface area (Å²) in [5, 5.41) is 3.17. The predicted molar refractivity (Wildman–Crippen MR) is 131 cm³/mol. The molecule has 4 rings (SSSR count). The number of rotatable bonds is 9. The average molecular weight is 511 g/mol. The van der Waals surface area contributed by atoms with Crippen molar-refractivity contribution in [2.75, 3.05) is 13.7 Å². The van der Waals surface area contributed by atoms with Crippen LogP contribution in [0.25, 0.3) is 6.08 Å². The number of methoxy groups -OCH3 is 1. The van der Waals surface area contributed by atoms with E-state index in [0.717, 1.165) is 10.5 Å². The van der Waals surface area contributed by atoms with Crippen LogP contribution in [0.15, 0.2) is 64.7 Å². The molecule has 3 amide bonds. The number of nitrogens with zero attached hydrogens (tertiary/aromatic N) is 1. The molecule has 9 nitrogen and oxygen atoms in total. The summed E-state index contributed by atoms with van der Waals surface area (Å²) >= 11 is 6.21. The molecular weight excluding hydrogens is 488 g/mol. The minimum absolute atomic E-state index is 0.0179. The molecule has 1 saturated heterocycles. The second kappa shape index (κ2) is 11.0. The first-order valence-electron chi connectivity index (χ1n) is 11.0. The number of imide groups is 1. The fourth-order valence-corrected chi connectivity index (χ4v) is 3.67. The lowest BCUT2D eigenvalue weighted by Gasteiger charge is -2.13. The summed E-state index contributed by atoms with van der Waals surface area (Å²) in [6, 6.07) is 14.9. The molecule has 0 spiro atoms. The van der Waals surface area contributed by atoms with Gasteiger partial charge < -0.3 is 23.9 Å². The Bertz CT molecular complexity index is 1330. The number of carbonyl (C=O) groups excluding carboxylic acids is 3. The zero-order valence-electron chi connectivity index (χ0n) is 19.6. The summed E-state index contributed by atoms with van der Waals surface area (Å²) in [6.07, 6.45) is 1.54. The van der Waals surface area contributed by atoms with E-state index in [2.05, 4.69) is 10.1 Å². The summed E-state index contributed by atoms with van der Waals surface area (Å²) in [4.78, 5) is 37.8. The lowest BCUT2D eigenvalue weighted by molar-refractivity contribution is -0.123. The third-order valence-electron chi connectivity index (χ3n) is 5.24. The standard InChI is InChI=1S/C26H23ClN2O7/c1-3-34-23-13-16(8-10-21(23)35-15-17-6-4-5-7-19(17)27)12-20-24(30)29(26(32)28-20)14-18-9-11-22(36-18)25(31)33-2/h4-13H,3,14-15H2,1-2H3,(H,28,32)/b20-12-. The first kappa shape index (κ1) is 24.9. The van der Waals surface area contributed by atoms with Gasteiger partial charge >= 0.3 is 12.0 Å². The fraction of sp³-hybridized carbons (Fsp3) is 0.192. The van der Waals surface area contributed by atoms with Gasteiger partial charge in [-0.2, -0.15) is 0 Å². The minimum atomic E-state index is -0.650. The highest BCUT2D eigenvalue weighted by atomic mass is 35.5. The molecule has 0 bridgehead atoms. The van der Waals surface area contributed by atoms with Crippen LogP contribution in [-0.2, 0) is 22.7 Å². The lowest BCUT2D eigenvalue weighted by Crippen LogP contribution is -2.30. The maximum atomic E-state index is 12.9. The second-order valence-corrected chi connectivity index (χ2v) is 8.06. The number of nitrogens with one attached hydrogen (secondary N) is 1. The summed E-state index contributed by atoms with van der Waals surface area (Å²) in [7, 11) is 1.23. The van der Waals surface area contributed by atoms with Crippen LogP contribution in [0, 0.1) is 0 Å². The van der Waals surface area contributed by atoms with Gasteiger partial charge in [0.15, 0.2) is 11.5 Å². The highest BCUT2D eigenvalue weighted by Crippen LogP contribution is 2.31. The molecule has 0 atom stereocenters. The Morgan fingerprint density at radius 3 is 2.64 bits per heavy atom. The van der Waals surface area contributed by atoms with Crippen molar-refractivity contribution in [3.63, 3.8) is 0 Å². The van der Waals surface area contributed by atoms with Crippen molar-refractivity contribution in [1.82, 2.24) is 10.2 Å². The van der Waals surface area contributed by atoms with E-state index in [1.165, 1.54) is 19.2 Å². The van der Waals surface area contributed by atoms with Crippen molar-refractivity contribution in [2.45, 2.75) is 20.1 Å². The summed E-state index contributed by atoms with van der Waals surface area (Å²) in [5.41, 5.74) is 1.55. The van der Waals surface area contributed by atoms with Crippen LogP contribution in [0.3, 0.4) is 0 Å². The van der Waals surface area contributed by atoms with Gasteiger partial charge in [0.2, 0.25) is 5.76 Å². The quantitative estimate of drug-likeness (QED) is 0.250. The van der Waals surface area contributed by atoms with Gasteiger partial charge in [0.1, 0.15) is 18.1 Å². The van der Waals surface area contributed by atoms with Gasteiger partial charge in [0.05, 0.1) is 20.3 Å². The van der Waals surface area contributed by atoms with Crippen molar-refractivity contribution >= 4 is 35.6 Å². The third-order valence-corrected chi connectivity index (χ3v) is 5.61. The molecule has 0 radical (unpaired) electrons. The van der Waals surface area contributed by atoms with E-state index in [4.69, 9.17) is 25.5 Å². The fourth-order valence-electron chi connectivity index (χ4n) is 3.48. The van der Waals surface area contributed by atoms with E-state index in [9.17, 15) is 14.4 Å². The van der Waals surface area contributed by atoms with E-state index in [1.807, 2.05) is 25.1 Å². The molecule has 0 saturated carbocycles. The Hall–Kier alpha value is -4.24. The number of furan rings is 1. The smallest absolute Gasteiger partial charge is 0.373 e. The molecule has 0 unspecified atom stereocenters. The number of benzene rings is 2. The molecule has 2 aromatic carbocycles. The molecule has 3 aromatic rings. The number of carbonyl (C=O) groups is 3. The number of esters is 1. The molecule has 1 N–H and O–H groups in total. The van der Waals surface area contributed by atoms with Gasteiger partial charge in [-0.1, -0.05) is 35.9 Å². The Morgan fingerprint density at radius 1 is 1.08 bits per heavy atom. The molecule has 1 aliphatic heterocycles. The minimum Gasteiger partial charge on any atom is -0.490 e. The largest absolute Gasteiger partial charge is 0.490 e. The molecule has 10 heteroatoms. The number of urea groups is 1. The van der Waals surface area contributed by atoms with Gasteiger partial charge in [-0.05, 0) is 48.9 Å². The molecule has 2 heterocycles. The normalized spacial score (nSPS) is 14.2. The topological polar surface area (TPSA) is 107 Å². The van der Waals surface area contributed by atoms with E-state index in [-0.39, 0.29) is 30.4 Å². The van der Waals surface area contributed by atoms with Gasteiger partial charge in [0.25, 0.3) is 5.91 Å². The first-order chi connectivity index (χ1) is 17.4. The Morgan fingerprint density at radius 2 is 1.89 bits per heavy atom. The van der Waals surface area contributed by atoms with Crippen LogP contribution in [0.1, 0.15) is 34.4 Å². The SMILES string of the molecule is CCOc1cc(/C=C2\NC(=O)N(Cc3ccc(C(=O)OC)o3)C2=O)ccc1OCc1ccccc1Cl. The van der Waals surface area contributed by atoms with Crippen LogP contribution in [-0.4, -0.2) is 36.5 Å². The van der Waals surface area contributed by atoms with Crippen molar-refractivity contribution in [3.8, 4) is 11.5 Å². The lowest BCUT2D eigenvalue weighted by atomic mass is 10.1. The van der Waals surface area contributed by atoms with Gasteiger partial charge in [-0.3, -0.25) is 9.69 Å². The van der Waals surface area contributed by atoms with Gasteiger partial charge in [-0.15, -0.1) is 0 Å². The van der Waals surface area contributed by atoms with E-state index >= 15 is 0 Å².